The molecular formula is C23H32N2O2. The minimum absolute atomic E-state index is 0.0429. The lowest BCUT2D eigenvalue weighted by Gasteiger charge is -2.07. The summed E-state index contributed by atoms with van der Waals surface area (Å²) in [6.07, 6.45) is 5.65. The molecule has 0 saturated heterocycles. The summed E-state index contributed by atoms with van der Waals surface area (Å²) in [6.45, 7) is 5.09. The SMILES string of the molecule is CC(=O)Nc1cccc(CCOCCCCCCNCc2ccccc2)c1. The van der Waals surface area contributed by atoms with Crippen LogP contribution in [0.4, 0.5) is 5.69 Å². The lowest BCUT2D eigenvalue weighted by atomic mass is 10.1. The largest absolute Gasteiger partial charge is 0.381 e. The number of nitrogens with one attached hydrogen (secondary N) is 2. The molecule has 0 aliphatic rings. The van der Waals surface area contributed by atoms with E-state index in [1.54, 1.807) is 0 Å². The zero-order chi connectivity index (χ0) is 19.2. The standard InChI is InChI=1S/C23H32N2O2/c1-20(26)25-23-13-9-12-21(18-23)14-17-27-16-8-3-2-7-15-24-19-22-10-5-4-6-11-22/h4-6,9-13,18,24H,2-3,7-8,14-17,19H2,1H3,(H,25,26). The summed E-state index contributed by atoms with van der Waals surface area (Å²) in [6, 6.07) is 18.5. The molecular weight excluding hydrogens is 336 g/mol. The van der Waals surface area contributed by atoms with Crippen molar-refractivity contribution in [2.45, 2.75) is 45.6 Å². The molecule has 0 spiro atoms. The molecule has 0 unspecified atom stereocenters. The second kappa shape index (κ2) is 13.1. The fourth-order valence-electron chi connectivity index (χ4n) is 2.94. The van der Waals surface area contributed by atoms with E-state index in [1.165, 1.54) is 37.3 Å². The number of hydrogen-bond acceptors (Lipinski definition) is 3. The van der Waals surface area contributed by atoms with E-state index in [-0.39, 0.29) is 5.91 Å². The Morgan fingerprint density at radius 2 is 1.67 bits per heavy atom. The van der Waals surface area contributed by atoms with Gasteiger partial charge in [-0.3, -0.25) is 4.79 Å². The summed E-state index contributed by atoms with van der Waals surface area (Å²) in [7, 11) is 0. The van der Waals surface area contributed by atoms with Crippen LogP contribution in [0.2, 0.25) is 0 Å². The van der Waals surface area contributed by atoms with Crippen molar-refractivity contribution in [3.63, 3.8) is 0 Å². The third-order valence-corrected chi connectivity index (χ3v) is 4.35. The molecule has 27 heavy (non-hydrogen) atoms. The zero-order valence-corrected chi connectivity index (χ0v) is 16.4. The second-order valence-electron chi connectivity index (χ2n) is 6.82. The van der Waals surface area contributed by atoms with E-state index < -0.39 is 0 Å². The Balaban J connectivity index is 1.42. The lowest BCUT2D eigenvalue weighted by Crippen LogP contribution is -2.14. The number of amides is 1. The number of carbonyl (C=O) groups excluding carboxylic acids is 1. The predicted molar refractivity (Wildman–Crippen MR) is 112 cm³/mol. The highest BCUT2D eigenvalue weighted by Crippen LogP contribution is 2.11. The van der Waals surface area contributed by atoms with Crippen molar-refractivity contribution in [1.29, 1.82) is 0 Å². The number of anilines is 1. The van der Waals surface area contributed by atoms with Crippen LogP contribution in [0.1, 0.15) is 43.7 Å². The Bertz CT molecular complexity index is 658. The van der Waals surface area contributed by atoms with Gasteiger partial charge in [-0.15, -0.1) is 0 Å². The Labute approximate surface area is 163 Å². The number of benzene rings is 2. The number of ether oxygens (including phenoxy) is 1. The molecule has 0 heterocycles. The first kappa shape index (κ1) is 21.1. The maximum Gasteiger partial charge on any atom is 0.221 e. The van der Waals surface area contributed by atoms with Crippen LogP contribution in [0, 0.1) is 0 Å². The molecule has 1 amide bonds. The predicted octanol–water partition coefficient (Wildman–Crippen LogP) is 4.55. The van der Waals surface area contributed by atoms with Gasteiger partial charge >= 0.3 is 0 Å². The molecule has 2 rings (SSSR count). The van der Waals surface area contributed by atoms with Crippen molar-refractivity contribution >= 4 is 11.6 Å². The first-order valence-electron chi connectivity index (χ1n) is 9.93. The van der Waals surface area contributed by atoms with Crippen LogP contribution in [-0.4, -0.2) is 25.7 Å². The summed E-state index contributed by atoms with van der Waals surface area (Å²) in [5, 5.41) is 6.30. The molecule has 0 radical (unpaired) electrons. The summed E-state index contributed by atoms with van der Waals surface area (Å²) < 4.78 is 5.74. The van der Waals surface area contributed by atoms with Crippen molar-refractivity contribution < 1.29 is 9.53 Å². The number of hydrogen-bond donors (Lipinski definition) is 2. The Hall–Kier alpha value is -2.17. The summed E-state index contributed by atoms with van der Waals surface area (Å²) in [4.78, 5) is 11.1. The van der Waals surface area contributed by atoms with E-state index >= 15 is 0 Å². The monoisotopic (exact) mass is 368 g/mol. The van der Waals surface area contributed by atoms with Crippen LogP contribution in [0.25, 0.3) is 0 Å². The third kappa shape index (κ3) is 9.92. The lowest BCUT2D eigenvalue weighted by molar-refractivity contribution is -0.114. The molecule has 0 fully saturated rings. The normalized spacial score (nSPS) is 10.7. The summed E-state index contributed by atoms with van der Waals surface area (Å²) >= 11 is 0. The molecule has 2 aromatic rings. The Kier molecular flexibility index (Phi) is 10.2. The van der Waals surface area contributed by atoms with Gasteiger partial charge in [0.1, 0.15) is 0 Å². The fourth-order valence-corrected chi connectivity index (χ4v) is 2.94. The van der Waals surface area contributed by atoms with Crippen molar-refractivity contribution in [3.05, 3.63) is 65.7 Å². The van der Waals surface area contributed by atoms with Gasteiger partial charge in [0.25, 0.3) is 0 Å². The Morgan fingerprint density at radius 3 is 2.48 bits per heavy atom. The third-order valence-electron chi connectivity index (χ3n) is 4.35. The zero-order valence-electron chi connectivity index (χ0n) is 16.4. The molecule has 0 aromatic heterocycles. The molecule has 2 aromatic carbocycles. The molecule has 2 N–H and O–H groups in total. The van der Waals surface area contributed by atoms with Gasteiger partial charge in [-0.25, -0.2) is 0 Å². The minimum atomic E-state index is -0.0429. The van der Waals surface area contributed by atoms with Crippen LogP contribution >= 0.6 is 0 Å². The maximum absolute atomic E-state index is 11.1. The number of unbranched alkanes of at least 4 members (excludes halogenated alkanes) is 3. The van der Waals surface area contributed by atoms with Crippen molar-refractivity contribution in [1.82, 2.24) is 5.32 Å². The van der Waals surface area contributed by atoms with Gasteiger partial charge in [0.2, 0.25) is 5.91 Å². The van der Waals surface area contributed by atoms with Gasteiger partial charge in [0.15, 0.2) is 0 Å². The van der Waals surface area contributed by atoms with Gasteiger partial charge in [-0.1, -0.05) is 55.3 Å². The van der Waals surface area contributed by atoms with Crippen LogP contribution in [0.15, 0.2) is 54.6 Å². The molecule has 0 atom stereocenters. The van der Waals surface area contributed by atoms with Gasteiger partial charge in [-0.2, -0.15) is 0 Å². The number of rotatable bonds is 13. The highest BCUT2D eigenvalue weighted by molar-refractivity contribution is 5.88. The van der Waals surface area contributed by atoms with Gasteiger partial charge in [0, 0.05) is 25.8 Å². The van der Waals surface area contributed by atoms with E-state index in [0.29, 0.717) is 0 Å². The molecule has 146 valence electrons. The summed E-state index contributed by atoms with van der Waals surface area (Å²) in [5.74, 6) is -0.0429. The fraction of sp³-hybridized carbons (Fsp3) is 0.435. The van der Waals surface area contributed by atoms with Crippen LogP contribution in [-0.2, 0) is 22.5 Å². The smallest absolute Gasteiger partial charge is 0.221 e. The van der Waals surface area contributed by atoms with E-state index in [4.69, 9.17) is 4.74 Å². The van der Waals surface area contributed by atoms with E-state index in [2.05, 4.69) is 47.0 Å². The Morgan fingerprint density at radius 1 is 0.889 bits per heavy atom. The number of carbonyl (C=O) groups is 1. The van der Waals surface area contributed by atoms with Crippen LogP contribution < -0.4 is 10.6 Å². The maximum atomic E-state index is 11.1. The minimum Gasteiger partial charge on any atom is -0.381 e. The van der Waals surface area contributed by atoms with Gasteiger partial charge in [0.05, 0.1) is 6.61 Å². The van der Waals surface area contributed by atoms with Gasteiger partial charge in [-0.05, 0) is 49.1 Å². The van der Waals surface area contributed by atoms with E-state index in [9.17, 15) is 4.79 Å². The average molecular weight is 369 g/mol. The molecule has 0 aliphatic carbocycles. The summed E-state index contributed by atoms with van der Waals surface area (Å²) in [5.41, 5.74) is 3.38. The first-order valence-corrected chi connectivity index (χ1v) is 9.93. The molecule has 0 aliphatic heterocycles. The van der Waals surface area contributed by atoms with Crippen LogP contribution in [0.3, 0.4) is 0 Å². The second-order valence-corrected chi connectivity index (χ2v) is 6.82. The van der Waals surface area contributed by atoms with Crippen molar-refractivity contribution in [2.75, 3.05) is 25.1 Å². The molecule has 4 nitrogen and oxygen atoms in total. The molecule has 0 bridgehead atoms. The van der Waals surface area contributed by atoms with E-state index in [1.807, 2.05) is 18.2 Å². The topological polar surface area (TPSA) is 50.4 Å². The van der Waals surface area contributed by atoms with Gasteiger partial charge < -0.3 is 15.4 Å². The van der Waals surface area contributed by atoms with E-state index in [0.717, 1.165) is 44.8 Å². The van der Waals surface area contributed by atoms with Crippen molar-refractivity contribution in [3.8, 4) is 0 Å². The quantitative estimate of drug-likeness (QED) is 0.510. The highest BCUT2D eigenvalue weighted by Gasteiger charge is 1.99. The first-order chi connectivity index (χ1) is 13.2. The molecule has 0 saturated carbocycles. The van der Waals surface area contributed by atoms with Crippen LogP contribution in [0.5, 0.6) is 0 Å². The highest BCUT2D eigenvalue weighted by atomic mass is 16.5. The molecule has 4 heteroatoms. The average Bonchev–Trinajstić information content (AvgIpc) is 2.67. The van der Waals surface area contributed by atoms with Crippen molar-refractivity contribution in [2.24, 2.45) is 0 Å².